The first-order chi connectivity index (χ1) is 22.2. The average molecular weight is 642 g/mol. The standard InChI is InChI=1S/C42H75NO3/c1-5-6-7-8-9-10-11-12-13-14-15-16-17-18-19-23-39(44)43-38(40(45)46)31-32(2)35-26-27-36-34-25-24-33-22-20-21-29-41(33,3)37(34)28-30-42(35,36)4/h32-38H,5-31H2,1-4H3,(H,43,44)(H,45,46)/t32?,33?,34-,35+,36-,37-,38?,41-,42+/m0/s1. The molecule has 9 atom stereocenters. The molecule has 2 N–H and O–H groups in total. The van der Waals surface area contributed by atoms with Crippen LogP contribution in [0.4, 0.5) is 0 Å². The van der Waals surface area contributed by atoms with Crippen LogP contribution in [0, 0.1) is 46.3 Å². The summed E-state index contributed by atoms with van der Waals surface area (Å²) < 4.78 is 0. The third kappa shape index (κ3) is 9.77. The number of fused-ring (bicyclic) bond motifs is 5. The van der Waals surface area contributed by atoms with Crippen LogP contribution in [-0.4, -0.2) is 23.0 Å². The summed E-state index contributed by atoms with van der Waals surface area (Å²) >= 11 is 0. The Kier molecular flexibility index (Phi) is 15.3. The molecule has 3 unspecified atom stereocenters. The van der Waals surface area contributed by atoms with Gasteiger partial charge in [-0.15, -0.1) is 0 Å². The van der Waals surface area contributed by atoms with Gasteiger partial charge < -0.3 is 10.4 Å². The summed E-state index contributed by atoms with van der Waals surface area (Å²) in [4.78, 5) is 25.1. The highest BCUT2D eigenvalue weighted by atomic mass is 16.4. The lowest BCUT2D eigenvalue weighted by molar-refractivity contribution is -0.143. The van der Waals surface area contributed by atoms with E-state index in [1.807, 2.05) is 0 Å². The Bertz CT molecular complexity index is 919. The molecule has 0 aromatic heterocycles. The molecule has 0 saturated heterocycles. The van der Waals surface area contributed by atoms with E-state index in [1.165, 1.54) is 148 Å². The maximum absolute atomic E-state index is 12.8. The zero-order valence-electron chi connectivity index (χ0n) is 30.9. The van der Waals surface area contributed by atoms with Gasteiger partial charge in [0.1, 0.15) is 6.04 Å². The monoisotopic (exact) mass is 642 g/mol. The molecule has 266 valence electrons. The van der Waals surface area contributed by atoms with Gasteiger partial charge in [0, 0.05) is 6.42 Å². The van der Waals surface area contributed by atoms with Crippen LogP contribution < -0.4 is 5.32 Å². The van der Waals surface area contributed by atoms with Crippen molar-refractivity contribution in [3.63, 3.8) is 0 Å². The van der Waals surface area contributed by atoms with E-state index in [1.54, 1.807) is 0 Å². The van der Waals surface area contributed by atoms with Gasteiger partial charge in [0.25, 0.3) is 0 Å². The van der Waals surface area contributed by atoms with Crippen molar-refractivity contribution < 1.29 is 14.7 Å². The molecular formula is C42H75NO3. The van der Waals surface area contributed by atoms with Gasteiger partial charge in [-0.2, -0.15) is 0 Å². The molecule has 4 heteroatoms. The number of unbranched alkanes of at least 4 members (excludes halogenated alkanes) is 14. The molecule has 4 saturated carbocycles. The predicted octanol–water partition coefficient (Wildman–Crippen LogP) is 11.9. The van der Waals surface area contributed by atoms with Crippen molar-refractivity contribution in [3.8, 4) is 0 Å². The number of carboxylic acids is 1. The molecule has 0 heterocycles. The molecule has 0 bridgehead atoms. The summed E-state index contributed by atoms with van der Waals surface area (Å²) in [5.41, 5.74) is 0.900. The summed E-state index contributed by atoms with van der Waals surface area (Å²) in [6.45, 7) is 9.80. The zero-order valence-corrected chi connectivity index (χ0v) is 30.9. The predicted molar refractivity (Wildman–Crippen MR) is 193 cm³/mol. The van der Waals surface area contributed by atoms with Crippen LogP contribution in [0.15, 0.2) is 0 Å². The van der Waals surface area contributed by atoms with Crippen molar-refractivity contribution in [3.05, 3.63) is 0 Å². The van der Waals surface area contributed by atoms with Gasteiger partial charge >= 0.3 is 5.97 Å². The van der Waals surface area contributed by atoms with Crippen molar-refractivity contribution in [1.82, 2.24) is 5.32 Å². The third-order valence-electron chi connectivity index (χ3n) is 14.6. The highest BCUT2D eigenvalue weighted by Gasteiger charge is 2.60. The van der Waals surface area contributed by atoms with E-state index in [4.69, 9.17) is 0 Å². The van der Waals surface area contributed by atoms with Gasteiger partial charge in [-0.25, -0.2) is 4.79 Å². The van der Waals surface area contributed by atoms with Crippen LogP contribution in [0.3, 0.4) is 0 Å². The van der Waals surface area contributed by atoms with Gasteiger partial charge in [-0.1, -0.05) is 130 Å². The molecule has 1 amide bonds. The molecule has 0 aromatic rings. The molecule has 46 heavy (non-hydrogen) atoms. The van der Waals surface area contributed by atoms with Crippen LogP contribution in [0.5, 0.6) is 0 Å². The van der Waals surface area contributed by atoms with E-state index < -0.39 is 12.0 Å². The SMILES string of the molecule is CCCCCCCCCCCCCCCCCC(=O)NC(CC(C)[C@H]1CC[C@H]2[C@@H]3CCC4CCCC[C@]4(C)[C@H]3CC[C@]12C)C(=O)O. The van der Waals surface area contributed by atoms with E-state index in [0.29, 0.717) is 35.5 Å². The Morgan fingerprint density at radius 1 is 0.696 bits per heavy atom. The minimum Gasteiger partial charge on any atom is -0.480 e. The minimum absolute atomic E-state index is 0.0669. The fourth-order valence-electron chi connectivity index (χ4n) is 12.0. The highest BCUT2D eigenvalue weighted by molar-refractivity contribution is 5.83. The lowest BCUT2D eigenvalue weighted by Crippen LogP contribution is -2.53. The second-order valence-corrected chi connectivity index (χ2v) is 17.5. The quantitative estimate of drug-likeness (QED) is 0.123. The largest absolute Gasteiger partial charge is 0.480 e. The number of nitrogens with one attached hydrogen (secondary N) is 1. The van der Waals surface area contributed by atoms with Crippen molar-refractivity contribution in [2.45, 2.75) is 207 Å². The first-order valence-electron chi connectivity index (χ1n) is 20.7. The number of rotatable bonds is 21. The van der Waals surface area contributed by atoms with Gasteiger partial charge in [0.15, 0.2) is 0 Å². The van der Waals surface area contributed by atoms with Crippen LogP contribution in [-0.2, 0) is 9.59 Å². The Balaban J connectivity index is 1.11. The Morgan fingerprint density at radius 2 is 1.28 bits per heavy atom. The van der Waals surface area contributed by atoms with Crippen LogP contribution in [0.25, 0.3) is 0 Å². The van der Waals surface area contributed by atoms with E-state index in [9.17, 15) is 14.7 Å². The molecule has 4 nitrogen and oxygen atoms in total. The van der Waals surface area contributed by atoms with E-state index in [-0.39, 0.29) is 5.91 Å². The number of amides is 1. The number of aliphatic carboxylic acids is 1. The maximum Gasteiger partial charge on any atom is 0.326 e. The van der Waals surface area contributed by atoms with Gasteiger partial charge in [-0.3, -0.25) is 4.79 Å². The summed E-state index contributed by atoms with van der Waals surface area (Å²) in [5, 5.41) is 13.0. The smallest absolute Gasteiger partial charge is 0.326 e. The van der Waals surface area contributed by atoms with Crippen LogP contribution >= 0.6 is 0 Å². The third-order valence-corrected chi connectivity index (χ3v) is 14.6. The number of carboxylic acid groups (broad SMARTS) is 1. The van der Waals surface area contributed by atoms with Crippen molar-refractivity contribution in [1.29, 1.82) is 0 Å². The molecule has 0 spiro atoms. The summed E-state index contributed by atoms with van der Waals surface area (Å²) in [7, 11) is 0. The Hall–Kier alpha value is -1.06. The molecular weight excluding hydrogens is 566 g/mol. The topological polar surface area (TPSA) is 66.4 Å². The molecule has 0 radical (unpaired) electrons. The van der Waals surface area contributed by atoms with E-state index in [2.05, 4.69) is 33.0 Å². The minimum atomic E-state index is -0.858. The zero-order chi connectivity index (χ0) is 33.0. The van der Waals surface area contributed by atoms with Gasteiger partial charge in [0.2, 0.25) is 5.91 Å². The first-order valence-corrected chi connectivity index (χ1v) is 20.7. The Morgan fingerprint density at radius 3 is 1.89 bits per heavy atom. The van der Waals surface area contributed by atoms with Gasteiger partial charge in [0.05, 0.1) is 0 Å². The number of carbonyl (C=O) groups excluding carboxylic acids is 1. The van der Waals surface area contributed by atoms with Crippen LogP contribution in [0.1, 0.15) is 201 Å². The van der Waals surface area contributed by atoms with Crippen molar-refractivity contribution >= 4 is 11.9 Å². The fraction of sp³-hybridized carbons (Fsp3) is 0.952. The summed E-state index contributed by atoms with van der Waals surface area (Å²) in [5.74, 6) is 3.51. The molecule has 4 aliphatic rings. The second-order valence-electron chi connectivity index (χ2n) is 17.5. The number of carbonyl (C=O) groups is 2. The summed E-state index contributed by atoms with van der Waals surface area (Å²) in [6.07, 6.45) is 34.5. The number of hydrogen-bond donors (Lipinski definition) is 2. The fourth-order valence-corrected chi connectivity index (χ4v) is 12.0. The summed E-state index contributed by atoms with van der Waals surface area (Å²) in [6, 6.07) is -0.755. The normalized spacial score (nSPS) is 33.4. The average Bonchev–Trinajstić information content (AvgIpc) is 3.39. The van der Waals surface area contributed by atoms with Gasteiger partial charge in [-0.05, 0) is 111 Å². The first kappa shape index (κ1) is 37.8. The van der Waals surface area contributed by atoms with Crippen molar-refractivity contribution in [2.75, 3.05) is 0 Å². The molecule has 4 fully saturated rings. The Labute approximate surface area is 284 Å². The lowest BCUT2D eigenvalue weighted by atomic mass is 9.44. The van der Waals surface area contributed by atoms with E-state index >= 15 is 0 Å². The molecule has 4 rings (SSSR count). The van der Waals surface area contributed by atoms with Crippen LogP contribution in [0.2, 0.25) is 0 Å². The second kappa shape index (κ2) is 18.6. The maximum atomic E-state index is 12.8. The lowest BCUT2D eigenvalue weighted by Gasteiger charge is -2.61. The van der Waals surface area contributed by atoms with E-state index in [0.717, 1.165) is 36.5 Å². The highest BCUT2D eigenvalue weighted by Crippen LogP contribution is 2.68. The van der Waals surface area contributed by atoms with Crippen molar-refractivity contribution in [2.24, 2.45) is 46.3 Å². The molecule has 0 aromatic carbocycles. The molecule has 0 aliphatic heterocycles. The number of hydrogen-bond acceptors (Lipinski definition) is 2. The molecule has 4 aliphatic carbocycles.